The third kappa shape index (κ3) is 5.57. The molecule has 3 rings (SSSR count). The van der Waals surface area contributed by atoms with Crippen LogP contribution in [0.1, 0.15) is 57.1 Å². The average molecular weight is 485 g/mol. The van der Waals surface area contributed by atoms with Gasteiger partial charge in [0.2, 0.25) is 5.91 Å². The number of hydrogen-bond donors (Lipinski definition) is 1. The number of carbonyl (C=O) groups is 1. The van der Waals surface area contributed by atoms with Gasteiger partial charge in [0.15, 0.2) is 0 Å². The Hall–Kier alpha value is -1.88. The second-order valence-corrected chi connectivity index (χ2v) is 9.63. The number of amides is 1. The Kier molecular flexibility index (Phi) is 6.76. The van der Waals surface area contributed by atoms with Crippen LogP contribution in [-0.4, -0.2) is 5.91 Å². The number of halogens is 1. The van der Waals surface area contributed by atoms with E-state index in [4.69, 9.17) is 0 Å². The normalized spacial score (nSPS) is 15.1. The molecule has 1 amide bonds. The Morgan fingerprint density at radius 3 is 2.29 bits per heavy atom. The Balaban J connectivity index is 1.85. The molecule has 0 aromatic heterocycles. The number of hydrogen-bond acceptors (Lipinski definition) is 1. The van der Waals surface area contributed by atoms with E-state index < -0.39 is 0 Å². The van der Waals surface area contributed by atoms with E-state index in [1.807, 2.05) is 24.3 Å². The standard InChI is InChI=1S/C25H28INO/c1-25(2,3)20-11-9-19(10-12-20)23(17-18-7-5-4-6-8-18)24(28)27-22-15-13-21(26)14-16-22/h5,7-16,23H,4,6,17H2,1-3H3,(H,27,28). The first-order chi connectivity index (χ1) is 13.3. The van der Waals surface area contributed by atoms with E-state index in [1.165, 1.54) is 11.1 Å². The predicted octanol–water partition coefficient (Wildman–Crippen LogP) is 6.98. The van der Waals surface area contributed by atoms with E-state index in [9.17, 15) is 4.79 Å². The molecule has 2 aromatic carbocycles. The van der Waals surface area contributed by atoms with Gasteiger partial charge in [-0.25, -0.2) is 0 Å². The second kappa shape index (κ2) is 9.08. The van der Waals surface area contributed by atoms with Crippen molar-refractivity contribution in [3.8, 4) is 0 Å². The molecular formula is C25H28INO. The molecule has 3 heteroatoms. The summed E-state index contributed by atoms with van der Waals surface area (Å²) in [5.74, 6) is -0.160. The molecule has 0 bridgehead atoms. The van der Waals surface area contributed by atoms with Crippen molar-refractivity contribution in [2.45, 2.75) is 51.4 Å². The highest BCUT2D eigenvalue weighted by molar-refractivity contribution is 14.1. The molecule has 1 unspecified atom stereocenters. The lowest BCUT2D eigenvalue weighted by Crippen LogP contribution is -2.22. The number of carbonyl (C=O) groups excluding carboxylic acids is 1. The lowest BCUT2D eigenvalue weighted by Gasteiger charge is -2.22. The highest BCUT2D eigenvalue weighted by atomic mass is 127. The fourth-order valence-electron chi connectivity index (χ4n) is 3.39. The number of anilines is 1. The monoisotopic (exact) mass is 485 g/mol. The number of rotatable bonds is 5. The number of benzene rings is 2. The summed E-state index contributed by atoms with van der Waals surface area (Å²) in [7, 11) is 0. The Bertz CT molecular complexity index is 870. The molecule has 0 saturated heterocycles. The maximum Gasteiger partial charge on any atom is 0.232 e. The van der Waals surface area contributed by atoms with Crippen LogP contribution in [0.4, 0.5) is 5.69 Å². The Labute approximate surface area is 182 Å². The van der Waals surface area contributed by atoms with Gasteiger partial charge in [0.05, 0.1) is 5.92 Å². The third-order valence-corrected chi connectivity index (χ3v) is 5.84. The third-order valence-electron chi connectivity index (χ3n) is 5.12. The summed E-state index contributed by atoms with van der Waals surface area (Å²) in [4.78, 5) is 13.2. The Morgan fingerprint density at radius 2 is 1.71 bits per heavy atom. The van der Waals surface area contributed by atoms with Crippen molar-refractivity contribution in [2.75, 3.05) is 5.32 Å². The van der Waals surface area contributed by atoms with E-state index in [2.05, 4.69) is 91.2 Å². The maximum absolute atomic E-state index is 13.2. The van der Waals surface area contributed by atoms with Crippen molar-refractivity contribution in [1.82, 2.24) is 0 Å². The highest BCUT2D eigenvalue weighted by Crippen LogP contribution is 2.30. The maximum atomic E-state index is 13.2. The summed E-state index contributed by atoms with van der Waals surface area (Å²) in [6.45, 7) is 6.63. The highest BCUT2D eigenvalue weighted by Gasteiger charge is 2.23. The predicted molar refractivity (Wildman–Crippen MR) is 127 cm³/mol. The van der Waals surface area contributed by atoms with Crippen LogP contribution in [0.2, 0.25) is 0 Å². The van der Waals surface area contributed by atoms with Crippen molar-refractivity contribution in [2.24, 2.45) is 0 Å². The van der Waals surface area contributed by atoms with Gasteiger partial charge in [-0.2, -0.15) is 0 Å². The summed E-state index contributed by atoms with van der Waals surface area (Å²) in [6.07, 6.45) is 9.49. The summed E-state index contributed by atoms with van der Waals surface area (Å²) in [5.41, 5.74) is 4.54. The minimum atomic E-state index is -0.206. The first-order valence-corrected chi connectivity index (χ1v) is 10.9. The molecule has 1 aliphatic rings. The van der Waals surface area contributed by atoms with Crippen LogP contribution in [0, 0.1) is 3.57 Å². The molecule has 0 saturated carbocycles. The first-order valence-electron chi connectivity index (χ1n) is 9.85. The molecule has 1 aliphatic carbocycles. The summed E-state index contributed by atoms with van der Waals surface area (Å²) < 4.78 is 1.16. The van der Waals surface area contributed by atoms with Gasteiger partial charge in [0, 0.05) is 9.26 Å². The topological polar surface area (TPSA) is 29.1 Å². The molecule has 0 fully saturated rings. The van der Waals surface area contributed by atoms with Gasteiger partial charge in [-0.1, -0.05) is 68.8 Å². The average Bonchev–Trinajstić information content (AvgIpc) is 2.68. The molecule has 0 heterocycles. The lowest BCUT2D eigenvalue weighted by molar-refractivity contribution is -0.117. The van der Waals surface area contributed by atoms with E-state index in [0.29, 0.717) is 0 Å². The van der Waals surface area contributed by atoms with Crippen LogP contribution in [-0.2, 0) is 10.2 Å². The molecule has 2 nitrogen and oxygen atoms in total. The smallest absolute Gasteiger partial charge is 0.232 e. The summed E-state index contributed by atoms with van der Waals surface area (Å²) >= 11 is 2.27. The second-order valence-electron chi connectivity index (χ2n) is 8.38. The molecule has 0 aliphatic heterocycles. The molecular weight excluding hydrogens is 457 g/mol. The molecule has 1 N–H and O–H groups in total. The van der Waals surface area contributed by atoms with E-state index in [-0.39, 0.29) is 17.2 Å². The largest absolute Gasteiger partial charge is 0.326 e. The van der Waals surface area contributed by atoms with Crippen LogP contribution < -0.4 is 5.32 Å². The van der Waals surface area contributed by atoms with Gasteiger partial charge in [0.1, 0.15) is 0 Å². The lowest BCUT2D eigenvalue weighted by atomic mass is 9.84. The van der Waals surface area contributed by atoms with E-state index in [1.54, 1.807) is 0 Å². The van der Waals surface area contributed by atoms with Gasteiger partial charge in [-0.3, -0.25) is 4.79 Å². The number of nitrogens with one attached hydrogen (secondary N) is 1. The summed E-state index contributed by atoms with van der Waals surface area (Å²) in [5, 5.41) is 3.11. The van der Waals surface area contributed by atoms with Crippen molar-refractivity contribution in [3.05, 3.63) is 87.0 Å². The fourth-order valence-corrected chi connectivity index (χ4v) is 3.75. The zero-order valence-corrected chi connectivity index (χ0v) is 19.0. The molecule has 0 radical (unpaired) electrons. The van der Waals surface area contributed by atoms with Crippen molar-refractivity contribution < 1.29 is 4.79 Å². The quantitative estimate of drug-likeness (QED) is 0.455. The fraction of sp³-hybridized carbons (Fsp3) is 0.320. The van der Waals surface area contributed by atoms with Gasteiger partial charge >= 0.3 is 0 Å². The van der Waals surface area contributed by atoms with Crippen LogP contribution in [0.15, 0.2) is 72.3 Å². The van der Waals surface area contributed by atoms with E-state index in [0.717, 1.165) is 34.1 Å². The van der Waals surface area contributed by atoms with E-state index >= 15 is 0 Å². The van der Waals surface area contributed by atoms with Crippen molar-refractivity contribution in [3.63, 3.8) is 0 Å². The molecule has 146 valence electrons. The zero-order chi connectivity index (χ0) is 20.1. The van der Waals surface area contributed by atoms with Gasteiger partial charge in [0.25, 0.3) is 0 Å². The minimum Gasteiger partial charge on any atom is -0.326 e. The molecule has 0 spiro atoms. The van der Waals surface area contributed by atoms with Gasteiger partial charge < -0.3 is 5.32 Å². The minimum absolute atomic E-state index is 0.0459. The van der Waals surface area contributed by atoms with Crippen molar-refractivity contribution in [1.29, 1.82) is 0 Å². The first kappa shape index (κ1) is 20.8. The zero-order valence-electron chi connectivity index (χ0n) is 16.8. The molecule has 2 aromatic rings. The van der Waals surface area contributed by atoms with Crippen LogP contribution in [0.3, 0.4) is 0 Å². The SMILES string of the molecule is CC(C)(C)c1ccc(C(CC2=CCCC=C2)C(=O)Nc2ccc(I)cc2)cc1. The van der Waals surface area contributed by atoms with Gasteiger partial charge in [-0.05, 0) is 82.7 Å². The van der Waals surface area contributed by atoms with Crippen LogP contribution >= 0.6 is 22.6 Å². The van der Waals surface area contributed by atoms with Crippen LogP contribution in [0.25, 0.3) is 0 Å². The van der Waals surface area contributed by atoms with Gasteiger partial charge in [-0.15, -0.1) is 0 Å². The Morgan fingerprint density at radius 1 is 1.04 bits per heavy atom. The summed E-state index contributed by atoms with van der Waals surface area (Å²) in [6, 6.07) is 16.5. The van der Waals surface area contributed by atoms with Crippen LogP contribution in [0.5, 0.6) is 0 Å². The number of allylic oxidation sites excluding steroid dienone is 4. The molecule has 28 heavy (non-hydrogen) atoms. The van der Waals surface area contributed by atoms with Crippen molar-refractivity contribution >= 4 is 34.2 Å². The molecule has 1 atom stereocenters.